The van der Waals surface area contributed by atoms with Crippen molar-refractivity contribution in [3.63, 3.8) is 0 Å². The highest BCUT2D eigenvalue weighted by Crippen LogP contribution is 2.29. The van der Waals surface area contributed by atoms with Gasteiger partial charge in [-0.05, 0) is 31.8 Å². The number of hydrogen-bond donors (Lipinski definition) is 2. The zero-order valence-corrected chi connectivity index (χ0v) is 12.8. The minimum absolute atomic E-state index is 0.0390. The Morgan fingerprint density at radius 3 is 2.68 bits per heavy atom. The molecule has 1 amide bonds. The SMILES string of the molecule is C[Si](C)(C)OCC(=O)Nc1cc(C#N)cc(N)c1Cl. The molecule has 0 atom stereocenters. The number of halogens is 1. The maximum atomic E-state index is 11.7. The largest absolute Gasteiger partial charge is 0.408 e. The van der Waals surface area contributed by atoms with Gasteiger partial charge in [-0.1, -0.05) is 11.6 Å². The van der Waals surface area contributed by atoms with Crippen LogP contribution in [0, 0.1) is 11.3 Å². The lowest BCUT2D eigenvalue weighted by Gasteiger charge is -2.17. The number of rotatable bonds is 4. The van der Waals surface area contributed by atoms with E-state index in [0.717, 1.165) is 0 Å². The highest BCUT2D eigenvalue weighted by atomic mass is 35.5. The zero-order valence-electron chi connectivity index (χ0n) is 11.1. The zero-order chi connectivity index (χ0) is 14.6. The summed E-state index contributed by atoms with van der Waals surface area (Å²) >= 11 is 5.98. The maximum Gasteiger partial charge on any atom is 0.249 e. The molecule has 3 N–H and O–H groups in total. The maximum absolute atomic E-state index is 11.7. The number of carbonyl (C=O) groups excluding carboxylic acids is 1. The highest BCUT2D eigenvalue weighted by Gasteiger charge is 2.17. The molecule has 1 aromatic rings. The van der Waals surface area contributed by atoms with Gasteiger partial charge in [-0.2, -0.15) is 5.26 Å². The van der Waals surface area contributed by atoms with Crippen molar-refractivity contribution >= 4 is 37.2 Å². The first-order valence-corrected chi connectivity index (χ1v) is 9.44. The molecule has 5 nitrogen and oxygen atoms in total. The van der Waals surface area contributed by atoms with Crippen LogP contribution in [-0.4, -0.2) is 20.8 Å². The molecule has 19 heavy (non-hydrogen) atoms. The fourth-order valence-corrected chi connectivity index (χ4v) is 1.99. The molecule has 0 saturated carbocycles. The summed E-state index contributed by atoms with van der Waals surface area (Å²) in [6.45, 7) is 5.92. The summed E-state index contributed by atoms with van der Waals surface area (Å²) < 4.78 is 5.48. The average Bonchev–Trinajstić information content (AvgIpc) is 2.31. The van der Waals surface area contributed by atoms with Crippen LogP contribution in [-0.2, 0) is 9.22 Å². The van der Waals surface area contributed by atoms with Crippen molar-refractivity contribution in [2.24, 2.45) is 0 Å². The highest BCUT2D eigenvalue weighted by molar-refractivity contribution is 6.69. The second-order valence-electron chi connectivity index (χ2n) is 4.99. The number of amides is 1. The molecule has 0 fully saturated rings. The first kappa shape index (κ1) is 15.5. The molecule has 0 aliphatic heterocycles. The summed E-state index contributed by atoms with van der Waals surface area (Å²) in [4.78, 5) is 11.7. The number of nitrogens with two attached hydrogens (primary N) is 1. The molecule has 0 bridgehead atoms. The van der Waals surface area contributed by atoms with Crippen LogP contribution in [0.5, 0.6) is 0 Å². The topological polar surface area (TPSA) is 88.1 Å². The van der Waals surface area contributed by atoms with Gasteiger partial charge in [-0.25, -0.2) is 0 Å². The fourth-order valence-electron chi connectivity index (χ4n) is 1.27. The molecule has 0 radical (unpaired) electrons. The summed E-state index contributed by atoms with van der Waals surface area (Å²) in [5.41, 5.74) is 6.57. The van der Waals surface area contributed by atoms with Gasteiger partial charge >= 0.3 is 0 Å². The average molecular weight is 298 g/mol. The van der Waals surface area contributed by atoms with Crippen LogP contribution < -0.4 is 11.1 Å². The second kappa shape index (κ2) is 6.06. The Morgan fingerprint density at radius 1 is 1.53 bits per heavy atom. The first-order valence-electron chi connectivity index (χ1n) is 5.66. The molecule has 0 aromatic heterocycles. The van der Waals surface area contributed by atoms with Gasteiger partial charge in [0.15, 0.2) is 8.32 Å². The predicted octanol–water partition coefficient (Wildman–Crippen LogP) is 2.58. The third-order valence-electron chi connectivity index (χ3n) is 2.14. The molecular formula is C12H16ClN3O2Si. The minimum Gasteiger partial charge on any atom is -0.408 e. The van der Waals surface area contributed by atoms with Crippen molar-refractivity contribution in [1.29, 1.82) is 5.26 Å². The van der Waals surface area contributed by atoms with Crippen LogP contribution in [0.25, 0.3) is 0 Å². The number of benzene rings is 1. The molecule has 0 heterocycles. The Morgan fingerprint density at radius 2 is 2.16 bits per heavy atom. The van der Waals surface area contributed by atoms with Gasteiger partial charge in [0.05, 0.1) is 28.0 Å². The smallest absolute Gasteiger partial charge is 0.249 e. The van der Waals surface area contributed by atoms with Crippen molar-refractivity contribution in [1.82, 2.24) is 0 Å². The molecule has 0 saturated heterocycles. The Bertz CT molecular complexity index is 535. The van der Waals surface area contributed by atoms with E-state index in [2.05, 4.69) is 5.32 Å². The van der Waals surface area contributed by atoms with Gasteiger partial charge in [0.1, 0.15) is 6.61 Å². The van der Waals surface area contributed by atoms with Crippen molar-refractivity contribution in [2.45, 2.75) is 19.6 Å². The van der Waals surface area contributed by atoms with Crippen molar-refractivity contribution < 1.29 is 9.22 Å². The summed E-state index contributed by atoms with van der Waals surface area (Å²) in [5, 5.41) is 11.7. The number of hydrogen-bond acceptors (Lipinski definition) is 4. The number of carbonyl (C=O) groups is 1. The summed E-state index contributed by atoms with van der Waals surface area (Å²) in [7, 11) is -1.75. The van der Waals surface area contributed by atoms with Gasteiger partial charge in [0.25, 0.3) is 0 Å². The van der Waals surface area contributed by atoms with Gasteiger partial charge in [-0.15, -0.1) is 0 Å². The van der Waals surface area contributed by atoms with Gasteiger partial charge in [0, 0.05) is 0 Å². The van der Waals surface area contributed by atoms with E-state index in [1.54, 1.807) is 0 Å². The third-order valence-corrected chi connectivity index (χ3v) is 3.57. The van der Waals surface area contributed by atoms with Crippen LogP contribution in [0.2, 0.25) is 24.7 Å². The minimum atomic E-state index is -1.75. The van der Waals surface area contributed by atoms with Crippen LogP contribution in [0.15, 0.2) is 12.1 Å². The van der Waals surface area contributed by atoms with Gasteiger partial charge < -0.3 is 15.5 Å². The standard InChI is InChI=1S/C12H16ClN3O2Si/c1-19(2,3)18-7-11(17)16-10-5-8(6-14)4-9(15)12(10)13/h4-5H,7,15H2,1-3H3,(H,16,17). The molecule has 0 unspecified atom stereocenters. The van der Waals surface area contributed by atoms with Crippen LogP contribution >= 0.6 is 11.6 Å². The molecule has 1 rings (SSSR count). The molecule has 102 valence electrons. The molecule has 1 aromatic carbocycles. The van der Waals surface area contributed by atoms with Crippen LogP contribution in [0.4, 0.5) is 11.4 Å². The molecule has 0 aliphatic carbocycles. The van der Waals surface area contributed by atoms with Crippen molar-refractivity contribution in [3.8, 4) is 6.07 Å². The van der Waals surface area contributed by atoms with Gasteiger partial charge in [-0.3, -0.25) is 4.79 Å². The quantitative estimate of drug-likeness (QED) is 0.660. The van der Waals surface area contributed by atoms with Crippen LogP contribution in [0.1, 0.15) is 5.56 Å². The molecule has 0 spiro atoms. The van der Waals surface area contributed by atoms with E-state index < -0.39 is 8.32 Å². The normalized spacial score (nSPS) is 10.9. The predicted molar refractivity (Wildman–Crippen MR) is 78.5 cm³/mol. The van der Waals surface area contributed by atoms with E-state index in [9.17, 15) is 4.79 Å². The van der Waals surface area contributed by atoms with E-state index >= 15 is 0 Å². The molecular weight excluding hydrogens is 282 g/mol. The van der Waals surface area contributed by atoms with Crippen molar-refractivity contribution in [3.05, 3.63) is 22.7 Å². The summed E-state index contributed by atoms with van der Waals surface area (Å²) in [6, 6.07) is 4.88. The number of nitriles is 1. The second-order valence-corrected chi connectivity index (χ2v) is 9.88. The monoisotopic (exact) mass is 297 g/mol. The van der Waals surface area contributed by atoms with Crippen molar-refractivity contribution in [2.75, 3.05) is 17.7 Å². The Balaban J connectivity index is 2.80. The number of nitrogen functional groups attached to an aromatic ring is 1. The number of nitrogens with zero attached hydrogens (tertiary/aromatic N) is 1. The van der Waals surface area contributed by atoms with E-state index in [-0.39, 0.29) is 23.2 Å². The van der Waals surface area contributed by atoms with Gasteiger partial charge in [0.2, 0.25) is 5.91 Å². The first-order chi connectivity index (χ1) is 8.73. The fraction of sp³-hybridized carbons (Fsp3) is 0.333. The van der Waals surface area contributed by atoms with E-state index in [1.165, 1.54) is 12.1 Å². The number of nitrogens with one attached hydrogen (secondary N) is 1. The molecule has 0 aliphatic rings. The Labute approximate surface area is 118 Å². The lowest BCUT2D eigenvalue weighted by Crippen LogP contribution is -2.31. The number of anilines is 2. The van der Waals surface area contributed by atoms with E-state index in [4.69, 9.17) is 27.0 Å². The summed E-state index contributed by atoms with van der Waals surface area (Å²) in [5.74, 6) is -0.321. The van der Waals surface area contributed by atoms with E-state index in [1.807, 2.05) is 25.7 Å². The Hall–Kier alpha value is -1.55. The van der Waals surface area contributed by atoms with Crippen LogP contribution in [0.3, 0.4) is 0 Å². The Kier molecular flexibility index (Phi) is 4.95. The lowest BCUT2D eigenvalue weighted by atomic mass is 10.2. The molecule has 7 heteroatoms. The summed E-state index contributed by atoms with van der Waals surface area (Å²) in [6.07, 6.45) is 0. The van der Waals surface area contributed by atoms with E-state index in [0.29, 0.717) is 11.3 Å². The third kappa shape index (κ3) is 4.91. The lowest BCUT2D eigenvalue weighted by molar-refractivity contribution is -0.118.